The van der Waals surface area contributed by atoms with Gasteiger partial charge >= 0.3 is 0 Å². The zero-order valence-electron chi connectivity index (χ0n) is 20.4. The van der Waals surface area contributed by atoms with Crippen molar-refractivity contribution in [2.75, 3.05) is 31.6 Å². The van der Waals surface area contributed by atoms with Crippen LogP contribution in [0.5, 0.6) is 5.75 Å². The summed E-state index contributed by atoms with van der Waals surface area (Å²) in [5.41, 5.74) is 3.42. The smallest absolute Gasteiger partial charge is 0.191 e. The van der Waals surface area contributed by atoms with E-state index in [1.807, 2.05) is 6.20 Å². The maximum atomic E-state index is 5.92. The van der Waals surface area contributed by atoms with Gasteiger partial charge in [0.05, 0.1) is 18.8 Å². The molecular weight excluding hydrogens is 529 g/mol. The van der Waals surface area contributed by atoms with E-state index in [1.54, 1.807) is 7.05 Å². The number of halogens is 1. The molecule has 1 aliphatic rings. The molecule has 2 unspecified atom stereocenters. The topological polar surface area (TPSA) is 71.0 Å². The van der Waals surface area contributed by atoms with Crippen LogP contribution in [0.1, 0.15) is 43.9 Å². The van der Waals surface area contributed by atoms with Gasteiger partial charge < -0.3 is 25.0 Å². The number of aromatic nitrogens is 1. The van der Waals surface area contributed by atoms with Crippen molar-refractivity contribution in [1.82, 2.24) is 15.6 Å². The second kappa shape index (κ2) is 13.6. The molecule has 2 aromatic rings. The predicted octanol–water partition coefficient (Wildman–Crippen LogP) is 4.28. The number of anilines is 1. The average molecular weight is 568 g/mol. The van der Waals surface area contributed by atoms with Gasteiger partial charge in [-0.2, -0.15) is 0 Å². The minimum absolute atomic E-state index is 0. The van der Waals surface area contributed by atoms with Gasteiger partial charge in [-0.05, 0) is 50.5 Å². The van der Waals surface area contributed by atoms with E-state index in [4.69, 9.17) is 9.47 Å². The summed E-state index contributed by atoms with van der Waals surface area (Å²) >= 11 is 0. The number of pyridine rings is 1. The molecule has 0 bridgehead atoms. The molecule has 0 spiro atoms. The summed E-state index contributed by atoms with van der Waals surface area (Å²) in [6, 6.07) is 10.5. The molecule has 0 aliphatic carbocycles. The maximum Gasteiger partial charge on any atom is 0.191 e. The van der Waals surface area contributed by atoms with Gasteiger partial charge in [-0.15, -0.1) is 24.0 Å². The molecule has 1 aromatic carbocycles. The van der Waals surface area contributed by atoms with Gasteiger partial charge in [0, 0.05) is 45.0 Å². The number of nitrogens with one attached hydrogen (secondary N) is 2. The third-order valence-electron chi connectivity index (χ3n) is 5.37. The molecule has 2 heterocycles. The molecule has 1 aromatic heterocycles. The Morgan fingerprint density at radius 3 is 2.52 bits per heavy atom. The van der Waals surface area contributed by atoms with Crippen LogP contribution in [0.25, 0.3) is 0 Å². The molecule has 182 valence electrons. The van der Waals surface area contributed by atoms with E-state index in [9.17, 15) is 0 Å². The lowest BCUT2D eigenvalue weighted by Gasteiger charge is -2.36. The fourth-order valence-electron chi connectivity index (χ4n) is 3.81. The van der Waals surface area contributed by atoms with Crippen LogP contribution in [-0.4, -0.2) is 49.9 Å². The normalized spacial score (nSPS) is 18.5. The summed E-state index contributed by atoms with van der Waals surface area (Å²) in [4.78, 5) is 11.3. The highest BCUT2D eigenvalue weighted by molar-refractivity contribution is 14.0. The first-order valence-corrected chi connectivity index (χ1v) is 11.5. The zero-order valence-corrected chi connectivity index (χ0v) is 22.8. The molecule has 33 heavy (non-hydrogen) atoms. The second-order valence-corrected chi connectivity index (χ2v) is 8.43. The van der Waals surface area contributed by atoms with Crippen LogP contribution < -0.4 is 20.3 Å². The zero-order chi connectivity index (χ0) is 22.9. The number of benzene rings is 1. The molecule has 0 saturated carbocycles. The fourth-order valence-corrected chi connectivity index (χ4v) is 3.81. The third-order valence-corrected chi connectivity index (χ3v) is 5.37. The van der Waals surface area contributed by atoms with Crippen molar-refractivity contribution in [1.29, 1.82) is 0 Å². The minimum Gasteiger partial charge on any atom is -0.493 e. The van der Waals surface area contributed by atoms with Crippen LogP contribution in [0.15, 0.2) is 41.5 Å². The van der Waals surface area contributed by atoms with Crippen molar-refractivity contribution >= 4 is 35.8 Å². The molecule has 3 rings (SSSR count). The number of aryl methyl sites for hydroxylation is 1. The Hall–Kier alpha value is -2.07. The molecule has 1 saturated heterocycles. The van der Waals surface area contributed by atoms with E-state index in [0.717, 1.165) is 48.2 Å². The highest BCUT2D eigenvalue weighted by atomic mass is 127. The number of aliphatic imine (C=N–C) groups is 1. The predicted molar refractivity (Wildman–Crippen MR) is 146 cm³/mol. The summed E-state index contributed by atoms with van der Waals surface area (Å²) in [7, 11) is 1.78. The molecule has 1 aliphatic heterocycles. The Morgan fingerprint density at radius 1 is 1.15 bits per heavy atom. The standard InChI is InChI=1S/C25H37N5O2.HI/c1-6-11-31-23-12-18(2)7-9-22(23)15-29-25(26-5)28-14-21-8-10-24(27-13-21)30-16-19(3)32-20(4)17-30;/h7-10,12-13,19-20H,6,11,14-17H2,1-5H3,(H2,26,28,29);1H. The van der Waals surface area contributed by atoms with Crippen molar-refractivity contribution in [3.05, 3.63) is 53.2 Å². The van der Waals surface area contributed by atoms with Gasteiger partial charge in [0.1, 0.15) is 11.6 Å². The number of ether oxygens (including phenoxy) is 2. The first-order valence-electron chi connectivity index (χ1n) is 11.5. The first kappa shape index (κ1) is 27.2. The Balaban J connectivity index is 0.00000385. The number of morpholine rings is 1. The Labute approximate surface area is 215 Å². The van der Waals surface area contributed by atoms with Crippen molar-refractivity contribution in [2.45, 2.75) is 59.4 Å². The summed E-state index contributed by atoms with van der Waals surface area (Å²) in [5, 5.41) is 6.75. The highest BCUT2D eigenvalue weighted by Crippen LogP contribution is 2.21. The lowest BCUT2D eigenvalue weighted by atomic mass is 10.1. The number of nitrogens with zero attached hydrogens (tertiary/aromatic N) is 3. The lowest BCUT2D eigenvalue weighted by molar-refractivity contribution is -0.00545. The van der Waals surface area contributed by atoms with Crippen LogP contribution in [-0.2, 0) is 17.8 Å². The van der Waals surface area contributed by atoms with E-state index in [-0.39, 0.29) is 36.2 Å². The van der Waals surface area contributed by atoms with Gasteiger partial charge in [-0.1, -0.05) is 25.1 Å². The summed E-state index contributed by atoms with van der Waals surface area (Å²) < 4.78 is 11.7. The van der Waals surface area contributed by atoms with Crippen LogP contribution in [0.4, 0.5) is 5.82 Å². The minimum atomic E-state index is 0. The molecule has 8 heteroatoms. The van der Waals surface area contributed by atoms with E-state index < -0.39 is 0 Å². The van der Waals surface area contributed by atoms with E-state index >= 15 is 0 Å². The molecule has 0 radical (unpaired) electrons. The van der Waals surface area contributed by atoms with Gasteiger partial charge in [-0.25, -0.2) is 4.98 Å². The number of hydrogen-bond acceptors (Lipinski definition) is 5. The van der Waals surface area contributed by atoms with Gasteiger partial charge in [0.15, 0.2) is 5.96 Å². The SMILES string of the molecule is CCCOc1cc(C)ccc1CNC(=NC)NCc1ccc(N2CC(C)OC(C)C2)nc1.I. The van der Waals surface area contributed by atoms with Crippen LogP contribution in [0.2, 0.25) is 0 Å². The van der Waals surface area contributed by atoms with Crippen molar-refractivity contribution in [3.63, 3.8) is 0 Å². The number of guanidine groups is 1. The van der Waals surface area contributed by atoms with Crippen molar-refractivity contribution in [3.8, 4) is 5.75 Å². The molecular formula is C25H38IN5O2. The van der Waals surface area contributed by atoms with Gasteiger partial charge in [0.25, 0.3) is 0 Å². The van der Waals surface area contributed by atoms with Crippen molar-refractivity contribution in [2.24, 2.45) is 4.99 Å². The lowest BCUT2D eigenvalue weighted by Crippen LogP contribution is -2.45. The van der Waals surface area contributed by atoms with Gasteiger partial charge in [0.2, 0.25) is 0 Å². The third kappa shape index (κ3) is 8.33. The van der Waals surface area contributed by atoms with Crippen molar-refractivity contribution < 1.29 is 9.47 Å². The monoisotopic (exact) mass is 567 g/mol. The molecule has 2 atom stereocenters. The Morgan fingerprint density at radius 2 is 1.88 bits per heavy atom. The van der Waals surface area contributed by atoms with E-state index in [2.05, 4.69) is 83.5 Å². The average Bonchev–Trinajstić information content (AvgIpc) is 2.78. The second-order valence-electron chi connectivity index (χ2n) is 8.43. The fraction of sp³-hybridized carbons (Fsp3) is 0.520. The Kier molecular flexibility index (Phi) is 11.2. The summed E-state index contributed by atoms with van der Waals surface area (Å²) in [6.45, 7) is 12.2. The molecule has 2 N–H and O–H groups in total. The summed E-state index contributed by atoms with van der Waals surface area (Å²) in [6.07, 6.45) is 3.35. The number of hydrogen-bond donors (Lipinski definition) is 2. The maximum absolute atomic E-state index is 5.92. The molecule has 1 fully saturated rings. The summed E-state index contributed by atoms with van der Waals surface area (Å²) in [5.74, 6) is 2.67. The van der Waals surface area contributed by atoms with Gasteiger partial charge in [-0.3, -0.25) is 4.99 Å². The largest absolute Gasteiger partial charge is 0.493 e. The molecule has 7 nitrogen and oxygen atoms in total. The highest BCUT2D eigenvalue weighted by Gasteiger charge is 2.22. The number of rotatable bonds is 8. The quantitative estimate of drug-likeness (QED) is 0.282. The Bertz CT molecular complexity index is 881. The molecule has 0 amide bonds. The van der Waals surface area contributed by atoms with Crippen LogP contribution in [0, 0.1) is 6.92 Å². The van der Waals surface area contributed by atoms with E-state index in [0.29, 0.717) is 19.7 Å². The first-order chi connectivity index (χ1) is 15.5. The van der Waals surface area contributed by atoms with Crippen LogP contribution >= 0.6 is 24.0 Å². The van der Waals surface area contributed by atoms with E-state index in [1.165, 1.54) is 5.56 Å². The van der Waals surface area contributed by atoms with Crippen LogP contribution in [0.3, 0.4) is 0 Å².